The van der Waals surface area contributed by atoms with Crippen LogP contribution in [-0.2, 0) is 11.2 Å². The van der Waals surface area contributed by atoms with Gasteiger partial charge in [-0.3, -0.25) is 0 Å². The Bertz CT molecular complexity index is 323. The van der Waals surface area contributed by atoms with Crippen molar-refractivity contribution in [2.24, 2.45) is 0 Å². The minimum atomic E-state index is 0.832. The quantitative estimate of drug-likeness (QED) is 0.688. The summed E-state index contributed by atoms with van der Waals surface area (Å²) in [5.74, 6) is 0. The Balaban J connectivity index is 1.39. The van der Waals surface area contributed by atoms with E-state index >= 15 is 0 Å². The number of aromatic nitrogens is 1. The van der Waals surface area contributed by atoms with Crippen molar-refractivity contribution < 1.29 is 4.74 Å². The topological polar surface area (TPSA) is 34.1 Å². The van der Waals surface area contributed by atoms with E-state index in [0.717, 1.165) is 37.9 Å². The van der Waals surface area contributed by atoms with Gasteiger partial charge in [-0.2, -0.15) is 0 Å². The molecular formula is C13H22N2OS. The fourth-order valence-corrected chi connectivity index (χ4v) is 2.52. The van der Waals surface area contributed by atoms with Gasteiger partial charge < -0.3 is 10.1 Å². The molecule has 0 bridgehead atoms. The molecule has 1 fully saturated rings. The van der Waals surface area contributed by atoms with Crippen LogP contribution in [0.15, 0.2) is 5.51 Å². The second kappa shape index (κ2) is 7.09. The molecule has 0 radical (unpaired) electrons. The summed E-state index contributed by atoms with van der Waals surface area (Å²) < 4.78 is 5.64. The van der Waals surface area contributed by atoms with Crippen molar-refractivity contribution in [3.05, 3.63) is 16.1 Å². The first-order valence-electron chi connectivity index (χ1n) is 6.56. The standard InChI is InChI=1S/C13H22N2OS/c1-11-13(17-10-15-11)6-9-16-8-3-2-7-14-12-4-5-12/h10,12,14H,2-9H2,1H3. The minimum absolute atomic E-state index is 0.832. The number of hydrogen-bond acceptors (Lipinski definition) is 4. The normalized spacial score (nSPS) is 15.4. The molecule has 1 heterocycles. The van der Waals surface area contributed by atoms with Gasteiger partial charge in [-0.25, -0.2) is 4.98 Å². The maximum absolute atomic E-state index is 5.64. The first kappa shape index (κ1) is 13.0. The van der Waals surface area contributed by atoms with E-state index in [1.807, 2.05) is 5.51 Å². The van der Waals surface area contributed by atoms with Crippen LogP contribution in [0.2, 0.25) is 0 Å². The number of nitrogens with one attached hydrogen (secondary N) is 1. The van der Waals surface area contributed by atoms with Gasteiger partial charge in [0, 0.05) is 23.9 Å². The number of hydrogen-bond donors (Lipinski definition) is 1. The Morgan fingerprint density at radius 3 is 3.00 bits per heavy atom. The summed E-state index contributed by atoms with van der Waals surface area (Å²) in [5, 5.41) is 3.52. The lowest BCUT2D eigenvalue weighted by molar-refractivity contribution is 0.133. The first-order chi connectivity index (χ1) is 8.36. The molecule has 3 nitrogen and oxygen atoms in total. The van der Waals surface area contributed by atoms with Gasteiger partial charge in [0.15, 0.2) is 0 Å². The third-order valence-electron chi connectivity index (χ3n) is 3.04. The summed E-state index contributed by atoms with van der Waals surface area (Å²) in [6.07, 6.45) is 6.17. The molecule has 1 N–H and O–H groups in total. The van der Waals surface area contributed by atoms with E-state index in [9.17, 15) is 0 Å². The van der Waals surface area contributed by atoms with Crippen molar-refractivity contribution in [1.29, 1.82) is 0 Å². The van der Waals surface area contributed by atoms with Crippen LogP contribution in [-0.4, -0.2) is 30.8 Å². The number of nitrogens with zero attached hydrogens (tertiary/aromatic N) is 1. The molecule has 0 atom stereocenters. The van der Waals surface area contributed by atoms with Crippen LogP contribution in [0.25, 0.3) is 0 Å². The summed E-state index contributed by atoms with van der Waals surface area (Å²) in [6, 6.07) is 0.838. The Morgan fingerprint density at radius 2 is 2.29 bits per heavy atom. The molecule has 17 heavy (non-hydrogen) atoms. The SMILES string of the molecule is Cc1ncsc1CCOCCCCNC1CC1. The summed E-state index contributed by atoms with van der Waals surface area (Å²) in [4.78, 5) is 5.59. The van der Waals surface area contributed by atoms with E-state index in [1.165, 1.54) is 30.6 Å². The van der Waals surface area contributed by atoms with E-state index in [0.29, 0.717) is 0 Å². The van der Waals surface area contributed by atoms with Crippen molar-refractivity contribution in [3.8, 4) is 0 Å². The van der Waals surface area contributed by atoms with Gasteiger partial charge >= 0.3 is 0 Å². The molecule has 1 aromatic rings. The van der Waals surface area contributed by atoms with Gasteiger partial charge in [0.05, 0.1) is 17.8 Å². The molecule has 1 aliphatic carbocycles. The summed E-state index contributed by atoms with van der Waals surface area (Å²) >= 11 is 1.73. The van der Waals surface area contributed by atoms with Crippen molar-refractivity contribution in [2.45, 2.75) is 45.1 Å². The van der Waals surface area contributed by atoms with Crippen molar-refractivity contribution >= 4 is 11.3 Å². The van der Waals surface area contributed by atoms with Crippen molar-refractivity contribution in [2.75, 3.05) is 19.8 Å². The van der Waals surface area contributed by atoms with Crippen LogP contribution in [0.3, 0.4) is 0 Å². The summed E-state index contributed by atoms with van der Waals surface area (Å²) in [6.45, 7) is 4.95. The summed E-state index contributed by atoms with van der Waals surface area (Å²) in [5.41, 5.74) is 3.07. The molecule has 1 aromatic heterocycles. The fraction of sp³-hybridized carbons (Fsp3) is 0.769. The molecule has 1 saturated carbocycles. The highest BCUT2D eigenvalue weighted by Gasteiger charge is 2.19. The molecule has 0 unspecified atom stereocenters. The van der Waals surface area contributed by atoms with Crippen LogP contribution in [0, 0.1) is 6.92 Å². The largest absolute Gasteiger partial charge is 0.381 e. The van der Waals surface area contributed by atoms with E-state index in [4.69, 9.17) is 4.74 Å². The van der Waals surface area contributed by atoms with Gasteiger partial charge in [-0.05, 0) is 39.2 Å². The zero-order valence-electron chi connectivity index (χ0n) is 10.6. The lowest BCUT2D eigenvalue weighted by atomic mass is 10.3. The predicted octanol–water partition coefficient (Wildman–Crippen LogP) is 2.54. The predicted molar refractivity (Wildman–Crippen MR) is 71.6 cm³/mol. The molecule has 1 aliphatic rings. The van der Waals surface area contributed by atoms with E-state index in [2.05, 4.69) is 17.2 Å². The zero-order chi connectivity index (χ0) is 11.9. The highest BCUT2D eigenvalue weighted by Crippen LogP contribution is 2.18. The van der Waals surface area contributed by atoms with Crippen LogP contribution < -0.4 is 5.32 Å². The lowest BCUT2D eigenvalue weighted by Gasteiger charge is -2.04. The third-order valence-corrected chi connectivity index (χ3v) is 4.04. The van der Waals surface area contributed by atoms with Crippen molar-refractivity contribution in [1.82, 2.24) is 10.3 Å². The van der Waals surface area contributed by atoms with Crippen LogP contribution in [0.5, 0.6) is 0 Å². The number of ether oxygens (including phenoxy) is 1. The smallest absolute Gasteiger partial charge is 0.0797 e. The molecule has 0 saturated heterocycles. The van der Waals surface area contributed by atoms with Gasteiger partial charge in [0.1, 0.15) is 0 Å². The van der Waals surface area contributed by atoms with Crippen molar-refractivity contribution in [3.63, 3.8) is 0 Å². The highest BCUT2D eigenvalue weighted by atomic mass is 32.1. The maximum Gasteiger partial charge on any atom is 0.0797 e. The zero-order valence-corrected chi connectivity index (χ0v) is 11.4. The van der Waals surface area contributed by atoms with Gasteiger partial charge in [-0.15, -0.1) is 11.3 Å². The Labute approximate surface area is 108 Å². The Hall–Kier alpha value is -0.450. The Kier molecular flexibility index (Phi) is 5.42. The van der Waals surface area contributed by atoms with Crippen LogP contribution >= 0.6 is 11.3 Å². The number of rotatable bonds is 9. The van der Waals surface area contributed by atoms with E-state index in [-0.39, 0.29) is 0 Å². The second-order valence-electron chi connectivity index (χ2n) is 4.66. The number of unbranched alkanes of at least 4 members (excludes halogenated alkanes) is 1. The van der Waals surface area contributed by atoms with Crippen LogP contribution in [0.4, 0.5) is 0 Å². The highest BCUT2D eigenvalue weighted by molar-refractivity contribution is 7.09. The lowest BCUT2D eigenvalue weighted by Crippen LogP contribution is -2.17. The minimum Gasteiger partial charge on any atom is -0.381 e. The average molecular weight is 254 g/mol. The number of thiazole rings is 1. The maximum atomic E-state index is 5.64. The molecule has 0 spiro atoms. The molecule has 0 aliphatic heterocycles. The van der Waals surface area contributed by atoms with Gasteiger partial charge in [0.25, 0.3) is 0 Å². The molecule has 96 valence electrons. The van der Waals surface area contributed by atoms with E-state index < -0.39 is 0 Å². The first-order valence-corrected chi connectivity index (χ1v) is 7.44. The molecular weight excluding hydrogens is 232 g/mol. The molecule has 4 heteroatoms. The monoisotopic (exact) mass is 254 g/mol. The van der Waals surface area contributed by atoms with Gasteiger partial charge in [0.2, 0.25) is 0 Å². The Morgan fingerprint density at radius 1 is 1.41 bits per heavy atom. The van der Waals surface area contributed by atoms with Gasteiger partial charge in [-0.1, -0.05) is 0 Å². The average Bonchev–Trinajstić information content (AvgIpc) is 3.06. The molecule has 0 amide bonds. The molecule has 2 rings (SSSR count). The third kappa shape index (κ3) is 5.15. The number of aryl methyl sites for hydroxylation is 1. The molecule has 0 aromatic carbocycles. The summed E-state index contributed by atoms with van der Waals surface area (Å²) in [7, 11) is 0. The fourth-order valence-electron chi connectivity index (χ4n) is 1.76. The second-order valence-corrected chi connectivity index (χ2v) is 5.60. The van der Waals surface area contributed by atoms with Crippen LogP contribution in [0.1, 0.15) is 36.3 Å². The van der Waals surface area contributed by atoms with E-state index in [1.54, 1.807) is 11.3 Å².